The predicted molar refractivity (Wildman–Crippen MR) is 301 cm³/mol. The number of nitrogens with one attached hydrogen (secondary N) is 1. The number of amides is 1. The van der Waals surface area contributed by atoms with Crippen LogP contribution >= 0.6 is 0 Å². The first-order valence-corrected chi connectivity index (χ1v) is 28.2. The number of allylic oxidation sites excluding steroid dienone is 4. The monoisotopic (exact) mass is 1150 g/mol. The third-order valence-electron chi connectivity index (χ3n) is 17.7. The maximum Gasteiger partial charge on any atom is 0.341 e. The number of aromatic hydroxyl groups is 1. The van der Waals surface area contributed by atoms with Gasteiger partial charge in [0.1, 0.15) is 34.6 Å². The topological polar surface area (TPSA) is 286 Å². The van der Waals surface area contributed by atoms with Gasteiger partial charge >= 0.3 is 17.7 Å². The number of methoxy groups -OCH3 is 1. The van der Waals surface area contributed by atoms with Crippen LogP contribution in [-0.4, -0.2) is 154 Å². The number of hydrogen-bond acceptors (Lipinski definition) is 18. The number of fused-ring (bicyclic) bond motifs is 15. The van der Waals surface area contributed by atoms with E-state index in [9.17, 15) is 44.1 Å². The molecule has 444 valence electrons. The maximum atomic E-state index is 16.2. The Hall–Kier alpha value is -7.53. The summed E-state index contributed by atoms with van der Waals surface area (Å²) in [4.78, 5) is 117. The molecule has 5 bridgehead atoms. The number of phenolic OH excluding ortho intramolecular Hbond substituents is 1. The normalized spacial score (nSPS) is 29.0. The molecule has 7 aliphatic rings. The van der Waals surface area contributed by atoms with E-state index < -0.39 is 128 Å². The second-order valence-corrected chi connectivity index (χ2v) is 23.3. The molecule has 22 heteroatoms. The number of aliphatic hydroxyl groups excluding tert-OH is 1. The molecule has 21 nitrogen and oxygen atoms in total. The molecule has 0 unspecified atom stereocenters. The van der Waals surface area contributed by atoms with Crippen LogP contribution in [0, 0.1) is 43.3 Å². The summed E-state index contributed by atoms with van der Waals surface area (Å²) in [6.45, 7) is 14.1. The highest BCUT2D eigenvalue weighted by molar-refractivity contribution is 6.32. The van der Waals surface area contributed by atoms with E-state index in [1.54, 1.807) is 25.7 Å². The summed E-state index contributed by atoms with van der Waals surface area (Å²) < 4.78 is 40.9. The molecule has 5 aliphatic heterocycles. The summed E-state index contributed by atoms with van der Waals surface area (Å²) >= 11 is 0. The molecule has 2 aliphatic carbocycles. The number of benzene rings is 1. The molecule has 83 heavy (non-hydrogen) atoms. The fourth-order valence-corrected chi connectivity index (χ4v) is 12.7. The van der Waals surface area contributed by atoms with Crippen LogP contribution in [0.3, 0.4) is 0 Å². The molecule has 10 rings (SSSR count). The Balaban J connectivity index is 1.00. The molecule has 3 aromatic rings. The minimum atomic E-state index is -2.17. The number of aromatic carboxylic acids is 1. The van der Waals surface area contributed by atoms with Crippen LogP contribution in [0.5, 0.6) is 11.5 Å². The van der Waals surface area contributed by atoms with Gasteiger partial charge in [0.05, 0.1) is 64.5 Å². The number of nitrogens with zero attached hydrogens (tertiary/aromatic N) is 4. The van der Waals surface area contributed by atoms with E-state index in [0.29, 0.717) is 49.2 Å². The highest BCUT2D eigenvalue weighted by atomic mass is 19.1. The molecule has 2 saturated heterocycles. The zero-order valence-corrected chi connectivity index (χ0v) is 48.4. The van der Waals surface area contributed by atoms with Crippen LogP contribution in [0.2, 0.25) is 0 Å². The van der Waals surface area contributed by atoms with Crippen molar-refractivity contribution in [2.24, 2.45) is 29.4 Å². The van der Waals surface area contributed by atoms with E-state index >= 15 is 14.0 Å². The number of carboxylic acids is 1. The number of hydrogen-bond donors (Lipinski definition) is 5. The Morgan fingerprint density at radius 3 is 2.25 bits per heavy atom. The van der Waals surface area contributed by atoms with Crippen LogP contribution in [-0.2, 0) is 28.6 Å². The minimum absolute atomic E-state index is 0.0239. The van der Waals surface area contributed by atoms with Crippen molar-refractivity contribution in [3.63, 3.8) is 0 Å². The molecular weight excluding hydrogens is 1080 g/mol. The Labute approximate surface area is 479 Å². The van der Waals surface area contributed by atoms with E-state index in [-0.39, 0.29) is 59.1 Å². The van der Waals surface area contributed by atoms with Crippen LogP contribution in [0.4, 0.5) is 10.1 Å². The number of nitrogens with two attached hydrogens (primary N) is 1. The van der Waals surface area contributed by atoms with Crippen LogP contribution in [0.25, 0.3) is 5.52 Å². The summed E-state index contributed by atoms with van der Waals surface area (Å²) in [5.41, 5.74) is 5.58. The molecular formula is C61H73FN6O15. The zero-order chi connectivity index (χ0) is 60.4. The molecule has 2 aromatic heterocycles. The van der Waals surface area contributed by atoms with Crippen LogP contribution < -0.4 is 26.2 Å². The number of phenols is 1. The van der Waals surface area contributed by atoms with Crippen LogP contribution in [0.1, 0.15) is 138 Å². The lowest BCUT2D eigenvalue weighted by Gasteiger charge is -2.40. The minimum Gasteiger partial charge on any atom is -0.507 e. The van der Waals surface area contributed by atoms with E-state index in [4.69, 9.17) is 24.7 Å². The number of aryl methyl sites for hydroxylation is 1. The summed E-state index contributed by atoms with van der Waals surface area (Å²) in [6, 6.07) is -0.0213. The molecule has 9 atom stereocenters. The third-order valence-corrected chi connectivity index (χ3v) is 17.7. The summed E-state index contributed by atoms with van der Waals surface area (Å²) in [6.07, 6.45) is 7.99. The first-order valence-electron chi connectivity index (χ1n) is 28.2. The summed E-state index contributed by atoms with van der Waals surface area (Å²) in [5.74, 6) is -12.1. The average molecular weight is 1150 g/mol. The van der Waals surface area contributed by atoms with E-state index in [1.807, 2.05) is 11.9 Å². The number of anilines is 1. The largest absolute Gasteiger partial charge is 0.507 e. The lowest BCUT2D eigenvalue weighted by atomic mass is 9.82. The molecule has 3 fully saturated rings. The number of aliphatic hydroxyl groups is 1. The third kappa shape index (κ3) is 11.0. The van der Waals surface area contributed by atoms with E-state index in [0.717, 1.165) is 41.7 Å². The van der Waals surface area contributed by atoms with Gasteiger partial charge < -0.3 is 60.0 Å². The number of carbonyl (C=O) groups is 7. The van der Waals surface area contributed by atoms with Gasteiger partial charge in [-0.3, -0.25) is 38.0 Å². The van der Waals surface area contributed by atoms with Crippen molar-refractivity contribution >= 4 is 52.2 Å². The summed E-state index contributed by atoms with van der Waals surface area (Å²) in [7, 11) is 3.37. The number of piperidine rings is 1. The number of likely N-dealkylation sites (tertiary alicyclic amines) is 1. The Kier molecular flexibility index (Phi) is 16.8. The Bertz CT molecular complexity index is 3430. The van der Waals surface area contributed by atoms with Gasteiger partial charge in [0, 0.05) is 82.7 Å². The van der Waals surface area contributed by atoms with Gasteiger partial charge in [-0.05, 0) is 95.0 Å². The highest BCUT2D eigenvalue weighted by Crippen LogP contribution is 2.50. The molecule has 1 amide bonds. The number of carbonyl (C=O) groups excluding carboxylic acids is 6. The van der Waals surface area contributed by atoms with E-state index in [1.165, 1.54) is 72.1 Å². The predicted octanol–water partition coefficient (Wildman–Crippen LogP) is 5.42. The maximum absolute atomic E-state index is 16.2. The number of Topliss-reactive ketones (excluding diaryl/α,β-unsaturated/α-hetero) is 4. The van der Waals surface area contributed by atoms with Gasteiger partial charge in [0.2, 0.25) is 11.6 Å². The number of pyridine rings is 2. The van der Waals surface area contributed by atoms with Crippen molar-refractivity contribution in [3.8, 4) is 11.5 Å². The molecule has 0 radical (unpaired) electrons. The van der Waals surface area contributed by atoms with Gasteiger partial charge in [-0.15, -0.1) is 0 Å². The molecule has 7 heterocycles. The fourth-order valence-electron chi connectivity index (χ4n) is 12.7. The number of aromatic nitrogens is 1. The SMILES string of the molecule is CO[C@H]1/C=C/O[C@@]2(C)Oc3c(C)c(O)c4c(c3C2=O)C(=O)C(N2CCC(N(C)C[C@@H]3CCN(c5c(F)cn6c(=O)c(C(=O)O)cc(C7CC7)c6c5C)C3)CC2)=C(NC(=O)/C(C)=C\C=C\[C@H](C)[C@H](O)[C@@H](N)C(=O)[C@@H](C)[C@H](OC(C)=O)[C@@H]1C)C4=O. The van der Waals surface area contributed by atoms with Crippen molar-refractivity contribution in [1.82, 2.24) is 19.5 Å². The molecule has 1 aromatic carbocycles. The second kappa shape index (κ2) is 23.3. The average Bonchev–Trinajstić information content (AvgIpc) is 2.31. The van der Waals surface area contributed by atoms with Gasteiger partial charge in [0.15, 0.2) is 11.6 Å². The summed E-state index contributed by atoms with van der Waals surface area (Å²) in [5, 5.41) is 35.6. The standard InChI is InChI=1S/C61H73FN6O15/c1-28-12-11-13-29(2)58(76)64-46-49(66-21-17-37(18-22-66)65(9)25-35-16-20-67(26-35)48-31(4)47-38(36-14-15-36)24-39(60(78)79)59(77)68(47)27-40(48)62)54(74)42-43(53(46)73)51(71)32(5)56-44(42)57(75)61(8,83-56)81-23-19-41(80-10)30(3)55(82-34(7)69)33(6)52(72)45(63)50(28)70/h11-13,19,23-24,27-28,30,33,35-37,41,45,50,55,70-71H,14-18,20-22,25-26,63H2,1-10H3,(H,64,76)(H,78,79)/b12-11+,23-19+,29-13-/t28-,30+,33+,35-,41-,45+,50-,55+,61-/m0/s1. The van der Waals surface area contributed by atoms with Crippen molar-refractivity contribution in [3.05, 3.63) is 115 Å². The fraction of sp³-hybridized carbons (Fsp3) is 0.508. The second-order valence-electron chi connectivity index (χ2n) is 23.3. The zero-order valence-electron chi connectivity index (χ0n) is 48.4. The Morgan fingerprint density at radius 2 is 1.61 bits per heavy atom. The van der Waals surface area contributed by atoms with E-state index in [2.05, 4.69) is 10.2 Å². The number of rotatable bonds is 9. The number of halogens is 1. The number of carboxylic acid groups (broad SMARTS) is 1. The van der Waals surface area contributed by atoms with Gasteiger partial charge in [-0.1, -0.05) is 39.0 Å². The molecule has 1 saturated carbocycles. The number of ether oxygens (including phenoxy) is 4. The van der Waals surface area contributed by atoms with Crippen molar-refractivity contribution in [2.45, 2.75) is 130 Å². The van der Waals surface area contributed by atoms with Gasteiger partial charge in [-0.2, -0.15) is 0 Å². The number of ketones is 4. The van der Waals surface area contributed by atoms with Crippen molar-refractivity contribution in [2.75, 3.05) is 51.8 Å². The van der Waals surface area contributed by atoms with Gasteiger partial charge in [0.25, 0.3) is 17.2 Å². The highest BCUT2D eigenvalue weighted by Gasteiger charge is 2.53. The van der Waals surface area contributed by atoms with Gasteiger partial charge in [-0.25, -0.2) is 9.18 Å². The smallest absolute Gasteiger partial charge is 0.341 e. The Morgan fingerprint density at radius 1 is 0.940 bits per heavy atom. The van der Waals surface area contributed by atoms with Crippen molar-refractivity contribution in [1.29, 1.82) is 0 Å². The lowest BCUT2D eigenvalue weighted by molar-refractivity contribution is -0.157. The first kappa shape index (κ1) is 60.1. The van der Waals surface area contributed by atoms with Crippen LogP contribution in [0.15, 0.2) is 64.6 Å². The lowest BCUT2D eigenvalue weighted by Crippen LogP contribution is -2.51. The quantitative estimate of drug-likeness (QED) is 0.167. The van der Waals surface area contributed by atoms with Crippen molar-refractivity contribution < 1.29 is 72.2 Å². The molecule has 0 spiro atoms. The number of esters is 1. The first-order chi connectivity index (χ1) is 39.2. The molecule has 6 N–H and O–H groups in total.